The number of nitrogens with one attached hydrogen (secondary N) is 3. The zero-order valence-electron chi connectivity index (χ0n) is 21.1. The first-order valence-electron chi connectivity index (χ1n) is 12.4. The second kappa shape index (κ2) is 13.1. The predicted octanol–water partition coefficient (Wildman–Crippen LogP) is 4.88. The van der Waals surface area contributed by atoms with Crippen molar-refractivity contribution in [1.82, 2.24) is 15.0 Å². The number of hydrogen-bond acceptors (Lipinski definition) is 4. The average molecular weight is 552 g/mol. The summed E-state index contributed by atoms with van der Waals surface area (Å²) in [5.41, 5.74) is 3.75. The molecule has 0 aliphatic rings. The van der Waals surface area contributed by atoms with Crippen molar-refractivity contribution in [1.29, 1.82) is 0 Å². The number of aromatic nitrogens is 1. The topological polar surface area (TPSA) is 108 Å². The Morgan fingerprint density at radius 3 is 2.34 bits per heavy atom. The van der Waals surface area contributed by atoms with Gasteiger partial charge in [0, 0.05) is 29.6 Å². The Bertz CT molecular complexity index is 1340. The molecule has 3 aromatic rings. The minimum Gasteiger partial charge on any atom is -0.354 e. The van der Waals surface area contributed by atoms with E-state index in [-0.39, 0.29) is 18.7 Å². The van der Waals surface area contributed by atoms with Crippen LogP contribution in [0.15, 0.2) is 54.6 Å². The number of rotatable bonds is 14. The van der Waals surface area contributed by atoms with E-state index < -0.39 is 33.9 Å². The number of halogens is 3. The van der Waals surface area contributed by atoms with Crippen molar-refractivity contribution < 1.29 is 31.2 Å². The molecule has 0 aliphatic carbocycles. The number of amides is 1. The number of fused-ring (bicyclic) bond motifs is 1. The van der Waals surface area contributed by atoms with Gasteiger partial charge in [0.15, 0.2) is 5.75 Å². The fourth-order valence-corrected chi connectivity index (χ4v) is 5.53. The molecule has 0 saturated heterocycles. The third-order valence-electron chi connectivity index (χ3n) is 6.06. The number of carbonyl (C=O) groups excluding carboxylic acids is 2. The van der Waals surface area contributed by atoms with Gasteiger partial charge >= 0.3 is 6.18 Å². The number of para-hydroxylation sites is 1. The van der Waals surface area contributed by atoms with Crippen LogP contribution in [0.3, 0.4) is 0 Å². The van der Waals surface area contributed by atoms with Gasteiger partial charge in [-0.1, -0.05) is 61.4 Å². The van der Waals surface area contributed by atoms with Gasteiger partial charge in [0.25, 0.3) is 0 Å². The lowest BCUT2D eigenvalue weighted by atomic mass is 10.0. The van der Waals surface area contributed by atoms with Gasteiger partial charge in [-0.3, -0.25) is 4.79 Å². The maximum atomic E-state index is 12.9. The molecule has 7 nitrogen and oxygen atoms in total. The molecule has 1 amide bonds. The van der Waals surface area contributed by atoms with E-state index in [1.165, 1.54) is 6.92 Å². The Hall–Kier alpha value is -3.18. The first-order valence-corrected chi connectivity index (χ1v) is 14.1. The molecular formula is C27H32F3N3O4S. The van der Waals surface area contributed by atoms with Gasteiger partial charge in [-0.25, -0.2) is 13.1 Å². The summed E-state index contributed by atoms with van der Waals surface area (Å²) in [6, 6.07) is 16.0. The minimum absolute atomic E-state index is 0.0114. The molecule has 0 unspecified atom stereocenters. The zero-order valence-corrected chi connectivity index (χ0v) is 21.9. The highest BCUT2D eigenvalue weighted by molar-refractivity contribution is 7.89. The van der Waals surface area contributed by atoms with Gasteiger partial charge in [0.05, 0.1) is 0 Å². The summed E-state index contributed by atoms with van der Waals surface area (Å²) in [7, 11) is -4.77. The number of alkyl halides is 3. The van der Waals surface area contributed by atoms with Crippen LogP contribution in [0.1, 0.15) is 44.6 Å². The van der Waals surface area contributed by atoms with E-state index in [0.29, 0.717) is 32.1 Å². The number of aromatic amines is 1. The lowest BCUT2D eigenvalue weighted by molar-refractivity contribution is -0.123. The lowest BCUT2D eigenvalue weighted by Crippen LogP contribution is -2.49. The van der Waals surface area contributed by atoms with E-state index >= 15 is 0 Å². The smallest absolute Gasteiger partial charge is 0.354 e. The van der Waals surface area contributed by atoms with Crippen LogP contribution >= 0.6 is 0 Å². The van der Waals surface area contributed by atoms with Crippen LogP contribution in [0.25, 0.3) is 22.2 Å². The highest BCUT2D eigenvalue weighted by Gasteiger charge is 2.37. The van der Waals surface area contributed by atoms with Gasteiger partial charge in [-0.2, -0.15) is 13.2 Å². The summed E-state index contributed by atoms with van der Waals surface area (Å²) in [5.74, 6) is -2.75. The molecule has 2 aromatic carbocycles. The molecule has 1 heterocycles. The largest absolute Gasteiger partial charge is 0.404 e. The van der Waals surface area contributed by atoms with Crippen molar-refractivity contribution in [2.75, 3.05) is 12.3 Å². The number of carbonyl (C=O) groups is 2. The quantitative estimate of drug-likeness (QED) is 0.248. The SMILES string of the molecule is CC(=O)CCCCC[C@H](NS(=O)(=O)CC(F)(F)F)C(=O)NCCc1c(-c2ccccc2)[nH]c2ccccc12. The van der Waals surface area contributed by atoms with Crippen LogP contribution in [0.4, 0.5) is 13.2 Å². The van der Waals surface area contributed by atoms with Gasteiger partial charge < -0.3 is 15.1 Å². The third kappa shape index (κ3) is 8.98. The molecule has 11 heteroatoms. The Morgan fingerprint density at radius 2 is 1.66 bits per heavy atom. The summed E-state index contributed by atoms with van der Waals surface area (Å²) < 4.78 is 64.3. The second-order valence-electron chi connectivity index (χ2n) is 9.28. The molecule has 206 valence electrons. The molecule has 1 atom stereocenters. The van der Waals surface area contributed by atoms with Gasteiger partial charge in [-0.05, 0) is 43.4 Å². The number of benzene rings is 2. The molecule has 0 spiro atoms. The normalized spacial score (nSPS) is 12.9. The van der Waals surface area contributed by atoms with Crippen molar-refractivity contribution in [3.63, 3.8) is 0 Å². The molecule has 0 bridgehead atoms. The molecule has 3 N–H and O–H groups in total. The maximum Gasteiger partial charge on any atom is 0.404 e. The summed E-state index contributed by atoms with van der Waals surface area (Å²) in [5, 5.41) is 3.67. The lowest BCUT2D eigenvalue weighted by Gasteiger charge is -2.19. The Labute approximate surface area is 220 Å². The number of unbranched alkanes of at least 4 members (excludes halogenated alkanes) is 2. The van der Waals surface area contributed by atoms with E-state index in [0.717, 1.165) is 27.7 Å². The van der Waals surface area contributed by atoms with Crippen molar-refractivity contribution in [2.45, 2.75) is 57.7 Å². The maximum absolute atomic E-state index is 12.9. The van der Waals surface area contributed by atoms with Crippen LogP contribution in [0.2, 0.25) is 0 Å². The molecule has 1 aromatic heterocycles. The fraction of sp³-hybridized carbons (Fsp3) is 0.407. The monoisotopic (exact) mass is 551 g/mol. The number of Topliss-reactive ketones (excluding diaryl/α,β-unsaturated/α-hetero) is 1. The molecule has 3 rings (SSSR count). The van der Waals surface area contributed by atoms with Crippen molar-refractivity contribution in [3.05, 3.63) is 60.2 Å². The average Bonchev–Trinajstić information content (AvgIpc) is 3.20. The molecule has 0 radical (unpaired) electrons. The molecule has 0 aliphatic heterocycles. The predicted molar refractivity (Wildman–Crippen MR) is 141 cm³/mol. The van der Waals surface area contributed by atoms with E-state index in [2.05, 4.69) is 10.3 Å². The summed E-state index contributed by atoms with van der Waals surface area (Å²) in [4.78, 5) is 27.4. The Kier molecular flexibility index (Phi) is 10.1. The van der Waals surface area contributed by atoms with Crippen molar-refractivity contribution >= 4 is 32.6 Å². The zero-order chi connectivity index (χ0) is 27.8. The van der Waals surface area contributed by atoms with Crippen molar-refractivity contribution in [2.24, 2.45) is 0 Å². The van der Waals surface area contributed by atoms with Crippen LogP contribution in [0.5, 0.6) is 0 Å². The first-order chi connectivity index (χ1) is 18.0. The summed E-state index contributed by atoms with van der Waals surface area (Å²) in [6.45, 7) is 1.61. The van der Waals surface area contributed by atoms with Crippen molar-refractivity contribution in [3.8, 4) is 11.3 Å². The number of H-pyrrole nitrogens is 1. The van der Waals surface area contributed by atoms with Crippen LogP contribution in [-0.4, -0.2) is 49.6 Å². The Morgan fingerprint density at radius 1 is 0.974 bits per heavy atom. The van der Waals surface area contributed by atoms with Crippen LogP contribution in [0, 0.1) is 0 Å². The Balaban J connectivity index is 1.70. The number of ketones is 1. The van der Waals surface area contributed by atoms with E-state index in [1.807, 2.05) is 59.3 Å². The fourth-order valence-electron chi connectivity index (χ4n) is 4.36. The first kappa shape index (κ1) is 29.4. The van der Waals surface area contributed by atoms with Crippen LogP contribution in [-0.2, 0) is 26.0 Å². The highest BCUT2D eigenvalue weighted by atomic mass is 32.2. The molecular weight excluding hydrogens is 519 g/mol. The van der Waals surface area contributed by atoms with Crippen LogP contribution < -0.4 is 10.0 Å². The molecule has 0 fully saturated rings. The summed E-state index contributed by atoms with van der Waals surface area (Å²) >= 11 is 0. The van der Waals surface area contributed by atoms with E-state index in [1.54, 1.807) is 0 Å². The molecule has 38 heavy (non-hydrogen) atoms. The van der Waals surface area contributed by atoms with E-state index in [4.69, 9.17) is 0 Å². The standard InChI is InChI=1S/C27H32F3N3O4S/c1-19(34)10-4-2-7-15-24(33-38(36,37)18-27(28,29)30)26(35)31-17-16-22-21-13-8-9-14-23(21)32-25(22)20-11-5-3-6-12-20/h3,5-6,8-9,11-14,24,32-33H,2,4,7,10,15-18H2,1H3,(H,31,35)/t24-/m0/s1. The number of hydrogen-bond donors (Lipinski definition) is 3. The van der Waals surface area contributed by atoms with E-state index in [9.17, 15) is 31.2 Å². The summed E-state index contributed by atoms with van der Waals surface area (Å²) in [6.07, 6.45) is -2.67. The second-order valence-corrected chi connectivity index (χ2v) is 11.0. The van der Waals surface area contributed by atoms with Gasteiger partial charge in [0.2, 0.25) is 15.9 Å². The van der Waals surface area contributed by atoms with Gasteiger partial charge in [0.1, 0.15) is 11.8 Å². The minimum atomic E-state index is -4.93. The highest BCUT2D eigenvalue weighted by Crippen LogP contribution is 2.30. The van der Waals surface area contributed by atoms with Gasteiger partial charge in [-0.15, -0.1) is 0 Å². The molecule has 0 saturated carbocycles. The third-order valence-corrected chi connectivity index (χ3v) is 7.41. The number of sulfonamides is 1.